The summed E-state index contributed by atoms with van der Waals surface area (Å²) in [6, 6.07) is 22.2. The van der Waals surface area contributed by atoms with Crippen LogP contribution < -0.4 is 0 Å². The Kier molecular flexibility index (Phi) is 7.53. The first kappa shape index (κ1) is 20.6. The molecule has 0 heterocycles. The van der Waals surface area contributed by atoms with Gasteiger partial charge in [0.15, 0.2) is 0 Å². The van der Waals surface area contributed by atoms with Gasteiger partial charge in [0.2, 0.25) is 0 Å². The molecule has 4 heteroatoms. The predicted octanol–water partition coefficient (Wildman–Crippen LogP) is 4.30. The molecule has 3 aromatic rings. The summed E-state index contributed by atoms with van der Waals surface area (Å²) >= 11 is 0. The van der Waals surface area contributed by atoms with E-state index in [9.17, 15) is 5.11 Å². The van der Waals surface area contributed by atoms with Crippen molar-refractivity contribution in [3.63, 3.8) is 0 Å². The molecule has 27 heavy (non-hydrogen) atoms. The van der Waals surface area contributed by atoms with Crippen LogP contribution in [-0.4, -0.2) is 43.0 Å². The highest BCUT2D eigenvalue weighted by atomic mass is 16.6. The molecule has 0 amide bonds. The topological polar surface area (TPSA) is 45.1 Å². The summed E-state index contributed by atoms with van der Waals surface area (Å²) in [5, 5.41) is 16.1. The van der Waals surface area contributed by atoms with Crippen LogP contribution in [0.1, 0.15) is 24.1 Å². The molecule has 0 bridgehead atoms. The third kappa shape index (κ3) is 5.16. The highest BCUT2D eigenvalue weighted by Crippen LogP contribution is 2.22. The number of likely N-dealkylation sites (N-methyl/N-ethyl adjacent to an activating group) is 1. The maximum Gasteiger partial charge on any atom is 0.129 e. The number of rotatable bonds is 7. The minimum atomic E-state index is 0. The van der Waals surface area contributed by atoms with Crippen molar-refractivity contribution >= 4 is 16.5 Å². The van der Waals surface area contributed by atoms with E-state index >= 15 is 0 Å². The van der Waals surface area contributed by atoms with E-state index in [1.165, 1.54) is 0 Å². The smallest absolute Gasteiger partial charge is 0.129 e. The zero-order chi connectivity index (χ0) is 18.4. The van der Waals surface area contributed by atoms with Crippen molar-refractivity contribution in [3.8, 4) is 0 Å². The van der Waals surface area contributed by atoms with Gasteiger partial charge in [-0.25, -0.2) is 0 Å². The SMILES string of the molecule is C.CN(C)CCO/N=C(/c1ccc(CO)cc1)c1cccc2ccccc12. The largest absolute Gasteiger partial charge is 0.394 e. The molecule has 142 valence electrons. The van der Waals surface area contributed by atoms with Crippen LogP contribution in [0.5, 0.6) is 0 Å². The molecule has 0 aliphatic heterocycles. The van der Waals surface area contributed by atoms with Crippen LogP contribution in [0, 0.1) is 0 Å². The van der Waals surface area contributed by atoms with Gasteiger partial charge in [0.05, 0.1) is 6.61 Å². The highest BCUT2D eigenvalue weighted by molar-refractivity contribution is 6.19. The van der Waals surface area contributed by atoms with E-state index < -0.39 is 0 Å². The maximum absolute atomic E-state index is 9.29. The highest BCUT2D eigenvalue weighted by Gasteiger charge is 2.12. The summed E-state index contributed by atoms with van der Waals surface area (Å²) in [4.78, 5) is 7.68. The van der Waals surface area contributed by atoms with Gasteiger partial charge in [0, 0.05) is 17.7 Å². The Bertz CT molecular complexity index is 881. The predicted molar refractivity (Wildman–Crippen MR) is 113 cm³/mol. The lowest BCUT2D eigenvalue weighted by Crippen LogP contribution is -2.17. The van der Waals surface area contributed by atoms with Gasteiger partial charge in [0.25, 0.3) is 0 Å². The second kappa shape index (κ2) is 9.86. The third-order valence-electron chi connectivity index (χ3n) is 4.24. The van der Waals surface area contributed by atoms with Crippen LogP contribution >= 0.6 is 0 Å². The molecular weight excluding hydrogens is 336 g/mol. The zero-order valence-corrected chi connectivity index (χ0v) is 15.2. The van der Waals surface area contributed by atoms with Gasteiger partial charge in [-0.1, -0.05) is 79.3 Å². The first-order valence-electron chi connectivity index (χ1n) is 8.72. The van der Waals surface area contributed by atoms with Crippen molar-refractivity contribution in [2.24, 2.45) is 5.16 Å². The lowest BCUT2D eigenvalue weighted by molar-refractivity contribution is 0.126. The number of hydrogen-bond donors (Lipinski definition) is 1. The Morgan fingerprint density at radius 1 is 0.963 bits per heavy atom. The summed E-state index contributed by atoms with van der Waals surface area (Å²) in [7, 11) is 4.01. The van der Waals surface area contributed by atoms with Gasteiger partial charge >= 0.3 is 0 Å². The quantitative estimate of drug-likeness (QED) is 0.386. The third-order valence-corrected chi connectivity index (χ3v) is 4.24. The van der Waals surface area contributed by atoms with Crippen molar-refractivity contribution in [2.45, 2.75) is 14.0 Å². The first-order valence-corrected chi connectivity index (χ1v) is 8.72. The molecule has 0 aromatic heterocycles. The zero-order valence-electron chi connectivity index (χ0n) is 15.2. The van der Waals surface area contributed by atoms with Crippen molar-refractivity contribution in [1.29, 1.82) is 0 Å². The molecule has 0 radical (unpaired) electrons. The number of aliphatic hydroxyl groups is 1. The Hall–Kier alpha value is -2.69. The van der Waals surface area contributed by atoms with Crippen molar-refractivity contribution in [3.05, 3.63) is 83.4 Å². The fourth-order valence-electron chi connectivity index (χ4n) is 2.79. The molecule has 0 fully saturated rings. The first-order chi connectivity index (χ1) is 12.7. The van der Waals surface area contributed by atoms with Crippen LogP contribution in [0.2, 0.25) is 0 Å². The number of fused-ring (bicyclic) bond motifs is 1. The lowest BCUT2D eigenvalue weighted by atomic mass is 9.96. The number of oxime groups is 1. The Labute approximate surface area is 161 Å². The number of benzene rings is 3. The average molecular weight is 364 g/mol. The Morgan fingerprint density at radius 3 is 2.37 bits per heavy atom. The normalized spacial score (nSPS) is 11.5. The molecule has 0 unspecified atom stereocenters. The molecule has 0 saturated heterocycles. The van der Waals surface area contributed by atoms with Crippen LogP contribution in [0.25, 0.3) is 10.8 Å². The molecule has 0 atom stereocenters. The lowest BCUT2D eigenvalue weighted by Gasteiger charge is -2.12. The fourth-order valence-corrected chi connectivity index (χ4v) is 2.79. The van der Waals surface area contributed by atoms with Gasteiger partial charge in [0.1, 0.15) is 12.3 Å². The summed E-state index contributed by atoms with van der Waals surface area (Å²) < 4.78 is 0. The molecule has 3 aromatic carbocycles. The summed E-state index contributed by atoms with van der Waals surface area (Å²) in [6.45, 7) is 1.35. The number of nitrogens with zero attached hydrogens (tertiary/aromatic N) is 2. The fraction of sp³-hybridized carbons (Fsp3) is 0.261. The molecule has 0 aliphatic carbocycles. The summed E-state index contributed by atoms with van der Waals surface area (Å²) in [5.74, 6) is 0. The summed E-state index contributed by atoms with van der Waals surface area (Å²) in [5.41, 5.74) is 3.66. The van der Waals surface area contributed by atoms with Gasteiger partial charge in [-0.15, -0.1) is 0 Å². The minimum absolute atomic E-state index is 0. The van der Waals surface area contributed by atoms with E-state index in [0.29, 0.717) is 6.61 Å². The Balaban J connectivity index is 0.00000261. The number of hydrogen-bond acceptors (Lipinski definition) is 4. The van der Waals surface area contributed by atoms with Crippen LogP contribution in [0.3, 0.4) is 0 Å². The molecule has 1 N–H and O–H groups in total. The van der Waals surface area contributed by atoms with Crippen LogP contribution in [0.4, 0.5) is 0 Å². The summed E-state index contributed by atoms with van der Waals surface area (Å²) in [6.07, 6.45) is 0. The molecule has 4 nitrogen and oxygen atoms in total. The maximum atomic E-state index is 9.29. The van der Waals surface area contributed by atoms with Crippen LogP contribution in [-0.2, 0) is 11.4 Å². The number of aliphatic hydroxyl groups excluding tert-OH is 1. The van der Waals surface area contributed by atoms with E-state index in [0.717, 1.165) is 39.7 Å². The van der Waals surface area contributed by atoms with Crippen molar-refractivity contribution < 1.29 is 9.94 Å². The van der Waals surface area contributed by atoms with Gasteiger partial charge in [-0.3, -0.25) is 0 Å². The van der Waals surface area contributed by atoms with Crippen molar-refractivity contribution in [2.75, 3.05) is 27.2 Å². The van der Waals surface area contributed by atoms with Gasteiger partial charge in [-0.2, -0.15) is 0 Å². The van der Waals surface area contributed by atoms with Crippen molar-refractivity contribution in [1.82, 2.24) is 4.90 Å². The molecule has 0 aliphatic rings. The average Bonchev–Trinajstić information content (AvgIpc) is 2.68. The molecule has 3 rings (SSSR count). The van der Waals surface area contributed by atoms with Crippen LogP contribution in [0.15, 0.2) is 71.9 Å². The second-order valence-electron chi connectivity index (χ2n) is 6.46. The minimum Gasteiger partial charge on any atom is -0.394 e. The van der Waals surface area contributed by atoms with E-state index in [4.69, 9.17) is 4.84 Å². The van der Waals surface area contributed by atoms with E-state index in [-0.39, 0.29) is 14.0 Å². The monoisotopic (exact) mass is 364 g/mol. The molecular formula is C23H28N2O2. The second-order valence-corrected chi connectivity index (χ2v) is 6.46. The van der Waals surface area contributed by atoms with E-state index in [2.05, 4.69) is 34.3 Å². The molecule has 0 saturated carbocycles. The molecule has 0 spiro atoms. The standard InChI is InChI=1S/C22H24N2O2.CH4/c1-24(2)14-15-26-23-22(19-12-10-17(16-25)11-13-19)21-9-5-7-18-6-3-4-8-20(18)21;/h3-13,25H,14-16H2,1-2H3;1H4/b23-22-;. The van der Waals surface area contributed by atoms with Gasteiger partial charge < -0.3 is 14.8 Å². The van der Waals surface area contributed by atoms with Gasteiger partial charge in [-0.05, 0) is 30.4 Å². The van der Waals surface area contributed by atoms with E-state index in [1.807, 2.05) is 56.6 Å². The van der Waals surface area contributed by atoms with E-state index in [1.54, 1.807) is 0 Å². The Morgan fingerprint density at radius 2 is 1.67 bits per heavy atom.